The maximum Gasteiger partial charge on any atom is 0.341 e. The van der Waals surface area contributed by atoms with Gasteiger partial charge in [0.1, 0.15) is 0 Å². The van der Waals surface area contributed by atoms with Gasteiger partial charge in [0.05, 0.1) is 6.61 Å². The standard InChI is InChI=1S/C17H22ClFO2/c1-2-21-17(20)16(19)11-12-8-9-14(15(18)10-12)13-6-4-3-5-7-13/h8-10,13,16H,2-7,11H2,1H3. The smallest absolute Gasteiger partial charge is 0.341 e. The van der Waals surface area contributed by atoms with Gasteiger partial charge >= 0.3 is 5.97 Å². The fourth-order valence-corrected chi connectivity index (χ4v) is 3.32. The fraction of sp³-hybridized carbons (Fsp3) is 0.588. The number of hydrogen-bond acceptors (Lipinski definition) is 2. The third-order valence-electron chi connectivity index (χ3n) is 4.07. The van der Waals surface area contributed by atoms with Crippen LogP contribution in [0.25, 0.3) is 0 Å². The first-order valence-corrected chi connectivity index (χ1v) is 8.08. The Labute approximate surface area is 130 Å². The van der Waals surface area contributed by atoms with Crippen molar-refractivity contribution in [2.75, 3.05) is 6.61 Å². The van der Waals surface area contributed by atoms with Crippen molar-refractivity contribution in [3.8, 4) is 0 Å². The lowest BCUT2D eigenvalue weighted by Gasteiger charge is -2.23. The number of esters is 1. The number of rotatable bonds is 5. The Morgan fingerprint density at radius 3 is 2.71 bits per heavy atom. The van der Waals surface area contributed by atoms with Crippen LogP contribution in [0.2, 0.25) is 5.02 Å². The quantitative estimate of drug-likeness (QED) is 0.728. The molecule has 1 atom stereocenters. The van der Waals surface area contributed by atoms with E-state index >= 15 is 0 Å². The second-order valence-corrected chi connectivity index (χ2v) is 6.02. The van der Waals surface area contributed by atoms with Crippen molar-refractivity contribution in [3.63, 3.8) is 0 Å². The molecule has 116 valence electrons. The average molecular weight is 313 g/mol. The summed E-state index contributed by atoms with van der Waals surface area (Å²) in [6.07, 6.45) is 4.54. The minimum Gasteiger partial charge on any atom is -0.464 e. The van der Waals surface area contributed by atoms with Gasteiger partial charge in [0, 0.05) is 11.4 Å². The summed E-state index contributed by atoms with van der Waals surface area (Å²) in [6.45, 7) is 1.86. The molecule has 1 aliphatic carbocycles. The number of halogens is 2. The molecule has 0 N–H and O–H groups in total. The van der Waals surface area contributed by atoms with Crippen molar-refractivity contribution in [2.45, 2.75) is 57.5 Å². The number of carbonyl (C=O) groups excluding carboxylic acids is 1. The molecule has 1 aromatic carbocycles. The van der Waals surface area contributed by atoms with Crippen LogP contribution in [-0.2, 0) is 16.0 Å². The van der Waals surface area contributed by atoms with Gasteiger partial charge in [-0.3, -0.25) is 0 Å². The Balaban J connectivity index is 2.03. The Kier molecular flexibility index (Phi) is 6.04. The molecule has 1 saturated carbocycles. The first-order valence-electron chi connectivity index (χ1n) is 7.70. The van der Waals surface area contributed by atoms with Gasteiger partial charge in [0.2, 0.25) is 6.17 Å². The highest BCUT2D eigenvalue weighted by Crippen LogP contribution is 2.36. The lowest BCUT2D eigenvalue weighted by Crippen LogP contribution is -2.21. The Bertz CT molecular complexity index is 484. The summed E-state index contributed by atoms with van der Waals surface area (Å²) in [7, 11) is 0. The molecule has 4 heteroatoms. The van der Waals surface area contributed by atoms with Crippen LogP contribution in [-0.4, -0.2) is 18.7 Å². The number of benzene rings is 1. The topological polar surface area (TPSA) is 26.3 Å². The lowest BCUT2D eigenvalue weighted by molar-refractivity contribution is -0.149. The molecule has 2 rings (SSSR count). The van der Waals surface area contributed by atoms with Gasteiger partial charge in [0.25, 0.3) is 0 Å². The van der Waals surface area contributed by atoms with E-state index in [1.807, 2.05) is 12.1 Å². The summed E-state index contributed by atoms with van der Waals surface area (Å²) >= 11 is 6.35. The van der Waals surface area contributed by atoms with Crippen molar-refractivity contribution in [1.29, 1.82) is 0 Å². The first-order chi connectivity index (χ1) is 10.1. The summed E-state index contributed by atoms with van der Waals surface area (Å²) in [4.78, 5) is 11.3. The molecule has 0 amide bonds. The van der Waals surface area contributed by atoms with E-state index in [4.69, 9.17) is 11.6 Å². The van der Waals surface area contributed by atoms with Crippen LogP contribution in [0, 0.1) is 0 Å². The molecule has 1 aromatic rings. The van der Waals surface area contributed by atoms with Gasteiger partial charge in [-0.2, -0.15) is 0 Å². The molecule has 0 aliphatic heterocycles. The zero-order valence-corrected chi connectivity index (χ0v) is 13.2. The predicted octanol–water partition coefficient (Wildman–Crippen LogP) is 4.83. The van der Waals surface area contributed by atoms with Crippen LogP contribution in [0.3, 0.4) is 0 Å². The van der Waals surface area contributed by atoms with Crippen LogP contribution in [0.5, 0.6) is 0 Å². The third kappa shape index (κ3) is 4.44. The SMILES string of the molecule is CCOC(=O)C(F)Cc1ccc(C2CCCCC2)c(Cl)c1. The molecule has 1 fully saturated rings. The Morgan fingerprint density at radius 1 is 1.38 bits per heavy atom. The number of hydrogen-bond donors (Lipinski definition) is 0. The third-order valence-corrected chi connectivity index (χ3v) is 4.39. The van der Waals surface area contributed by atoms with Crippen LogP contribution >= 0.6 is 11.6 Å². The molecular weight excluding hydrogens is 291 g/mol. The first kappa shape index (κ1) is 16.3. The highest BCUT2D eigenvalue weighted by Gasteiger charge is 2.21. The van der Waals surface area contributed by atoms with Crippen molar-refractivity contribution in [1.82, 2.24) is 0 Å². The largest absolute Gasteiger partial charge is 0.464 e. The Morgan fingerprint density at radius 2 is 2.10 bits per heavy atom. The molecule has 2 nitrogen and oxygen atoms in total. The maximum atomic E-state index is 13.7. The molecule has 1 aliphatic rings. The van der Waals surface area contributed by atoms with E-state index in [2.05, 4.69) is 4.74 Å². The number of ether oxygens (including phenoxy) is 1. The second kappa shape index (κ2) is 7.79. The zero-order valence-electron chi connectivity index (χ0n) is 12.4. The maximum absolute atomic E-state index is 13.7. The van der Waals surface area contributed by atoms with E-state index in [0.717, 1.165) is 11.1 Å². The lowest BCUT2D eigenvalue weighted by atomic mass is 9.83. The highest BCUT2D eigenvalue weighted by atomic mass is 35.5. The molecule has 0 saturated heterocycles. The molecule has 1 unspecified atom stereocenters. The fourth-order valence-electron chi connectivity index (χ4n) is 2.97. The van der Waals surface area contributed by atoms with Gasteiger partial charge in [-0.1, -0.05) is 43.0 Å². The molecule has 0 bridgehead atoms. The van der Waals surface area contributed by atoms with E-state index in [-0.39, 0.29) is 13.0 Å². The summed E-state index contributed by atoms with van der Waals surface area (Å²) in [5, 5.41) is 0.690. The van der Waals surface area contributed by atoms with E-state index in [0.29, 0.717) is 10.9 Å². The monoisotopic (exact) mass is 312 g/mol. The van der Waals surface area contributed by atoms with Crippen molar-refractivity contribution in [2.24, 2.45) is 0 Å². The van der Waals surface area contributed by atoms with Crippen molar-refractivity contribution in [3.05, 3.63) is 34.3 Å². The van der Waals surface area contributed by atoms with Gasteiger partial charge in [-0.25, -0.2) is 9.18 Å². The minimum absolute atomic E-state index is 0.0174. The average Bonchev–Trinajstić information content (AvgIpc) is 2.48. The van der Waals surface area contributed by atoms with Crippen LogP contribution in [0.15, 0.2) is 18.2 Å². The minimum atomic E-state index is -1.62. The van der Waals surface area contributed by atoms with E-state index in [1.165, 1.54) is 32.1 Å². The van der Waals surface area contributed by atoms with Gasteiger partial charge in [-0.05, 0) is 42.9 Å². The molecular formula is C17H22ClFO2. The molecule has 21 heavy (non-hydrogen) atoms. The van der Waals surface area contributed by atoms with E-state index in [1.54, 1.807) is 13.0 Å². The highest BCUT2D eigenvalue weighted by molar-refractivity contribution is 6.31. The Hall–Kier alpha value is -1.09. The van der Waals surface area contributed by atoms with Gasteiger partial charge in [0.15, 0.2) is 0 Å². The molecule has 0 heterocycles. The van der Waals surface area contributed by atoms with Crippen molar-refractivity contribution >= 4 is 17.6 Å². The van der Waals surface area contributed by atoms with Gasteiger partial charge < -0.3 is 4.74 Å². The van der Waals surface area contributed by atoms with Gasteiger partial charge in [-0.15, -0.1) is 0 Å². The number of carbonyl (C=O) groups is 1. The van der Waals surface area contributed by atoms with Crippen LogP contribution < -0.4 is 0 Å². The van der Waals surface area contributed by atoms with Crippen LogP contribution in [0.1, 0.15) is 56.1 Å². The van der Waals surface area contributed by atoms with Crippen molar-refractivity contribution < 1.29 is 13.9 Å². The second-order valence-electron chi connectivity index (χ2n) is 5.61. The predicted molar refractivity (Wildman–Crippen MR) is 82.5 cm³/mol. The summed E-state index contributed by atoms with van der Waals surface area (Å²) in [6, 6.07) is 5.66. The molecule has 0 aromatic heterocycles. The van der Waals surface area contributed by atoms with E-state index < -0.39 is 12.1 Å². The summed E-state index contributed by atoms with van der Waals surface area (Å²) in [5.41, 5.74) is 1.90. The molecule has 0 spiro atoms. The normalized spacial score (nSPS) is 17.5. The zero-order chi connectivity index (χ0) is 15.2. The van der Waals surface area contributed by atoms with E-state index in [9.17, 15) is 9.18 Å². The summed E-state index contributed by atoms with van der Waals surface area (Å²) in [5.74, 6) is -0.281. The van der Waals surface area contributed by atoms with Crippen LogP contribution in [0.4, 0.5) is 4.39 Å². The summed E-state index contributed by atoms with van der Waals surface area (Å²) < 4.78 is 18.4. The molecule has 0 radical (unpaired) electrons. The number of alkyl halides is 1.